The Hall–Kier alpha value is -1.55. The van der Waals surface area contributed by atoms with Gasteiger partial charge in [0.1, 0.15) is 0 Å². The van der Waals surface area contributed by atoms with Crippen molar-refractivity contribution in [2.45, 2.75) is 63.7 Å². The predicted octanol–water partition coefficient (Wildman–Crippen LogP) is 8.88. The molecule has 0 amide bonds. The summed E-state index contributed by atoms with van der Waals surface area (Å²) in [6.07, 6.45) is 3.10. The zero-order chi connectivity index (χ0) is 24.6. The van der Waals surface area contributed by atoms with E-state index in [1.165, 1.54) is 28.3 Å². The molecule has 3 aromatic carbocycles. The molecule has 192 valence electrons. The molecule has 0 spiro atoms. The van der Waals surface area contributed by atoms with Crippen LogP contribution in [0.25, 0.3) is 0 Å². The fraction of sp³-hybridized carbons (Fsp3) is 0.323. The van der Waals surface area contributed by atoms with Gasteiger partial charge in [0.15, 0.2) is 0 Å². The van der Waals surface area contributed by atoms with E-state index in [1.54, 1.807) is 0 Å². The quantitative estimate of drug-likeness (QED) is 0.135. The molecule has 1 heterocycles. The molecule has 0 aliphatic rings. The standard InChI is InChI=1S/C26H34NP2.C5H5.Fe/c1-25(2,3)29(26(4,5)6)19-20-13-12-16-22(20)24(23-17-10-11-18-27-23)28-21-14-8-7-9-15-21;1-2-4-5-3-1;/h7-18,24,28H,19H2,1-6H3;1-5H;/q-1;-5;. The molecular weight excluding hydrogens is 504 g/mol. The fourth-order valence-electron chi connectivity index (χ4n) is 4.43. The third-order valence-electron chi connectivity index (χ3n) is 5.83. The van der Waals surface area contributed by atoms with Crippen LogP contribution in [0.4, 0.5) is 0 Å². The summed E-state index contributed by atoms with van der Waals surface area (Å²) in [5.41, 5.74) is 4.48. The summed E-state index contributed by atoms with van der Waals surface area (Å²) in [5, 5.41) is 2.04. The van der Waals surface area contributed by atoms with E-state index in [9.17, 15) is 0 Å². The number of nitrogens with zero attached hydrogens (tertiary/aromatic N) is 1. The van der Waals surface area contributed by atoms with Crippen LogP contribution in [0.1, 0.15) is 64.0 Å². The summed E-state index contributed by atoms with van der Waals surface area (Å²) in [7, 11) is 0.499. The summed E-state index contributed by atoms with van der Waals surface area (Å²) in [6.45, 7) is 14.5. The maximum absolute atomic E-state index is 4.76. The molecule has 0 saturated heterocycles. The average Bonchev–Trinajstić information content (AvgIpc) is 3.51. The van der Waals surface area contributed by atoms with Gasteiger partial charge in [-0.05, 0) is 27.7 Å². The molecule has 0 fully saturated rings. The van der Waals surface area contributed by atoms with E-state index < -0.39 is 0 Å². The summed E-state index contributed by atoms with van der Waals surface area (Å²) >= 11 is 0. The zero-order valence-corrected chi connectivity index (χ0v) is 24.8. The van der Waals surface area contributed by atoms with Crippen LogP contribution >= 0.6 is 16.5 Å². The van der Waals surface area contributed by atoms with Gasteiger partial charge in [-0.2, -0.15) is 11.6 Å². The Kier molecular flexibility index (Phi) is 11.6. The van der Waals surface area contributed by atoms with E-state index in [2.05, 4.69) is 102 Å². The van der Waals surface area contributed by atoms with Crippen LogP contribution in [0.5, 0.6) is 0 Å². The number of hydrogen-bond donors (Lipinski definition) is 0. The van der Waals surface area contributed by atoms with E-state index in [1.807, 2.05) is 42.6 Å². The van der Waals surface area contributed by atoms with Crippen molar-refractivity contribution in [1.82, 2.24) is 4.98 Å². The molecule has 35 heavy (non-hydrogen) atoms. The third kappa shape index (κ3) is 9.12. The van der Waals surface area contributed by atoms with Gasteiger partial charge in [0, 0.05) is 28.9 Å². The van der Waals surface area contributed by atoms with E-state index in [4.69, 9.17) is 4.98 Å². The van der Waals surface area contributed by atoms with Gasteiger partial charge in [-0.25, -0.2) is 12.1 Å². The maximum atomic E-state index is 4.76. The van der Waals surface area contributed by atoms with Crippen molar-refractivity contribution >= 4 is 21.8 Å². The molecule has 0 N–H and O–H groups in total. The van der Waals surface area contributed by atoms with E-state index in [-0.39, 0.29) is 25.0 Å². The molecule has 2 unspecified atom stereocenters. The largest absolute Gasteiger partial charge is 0.748 e. The SMILES string of the molecule is CC(C)(C)P(C[c-]1cccc1C(Pc1ccccc1)c1ccccn1)C(C)(C)C.[Fe].[cH-]1[cH-][cH-][cH-][cH-]1. The minimum Gasteiger partial charge on any atom is -0.748 e. The Bertz CT molecular complexity index is 1040. The van der Waals surface area contributed by atoms with Crippen LogP contribution in [0.3, 0.4) is 0 Å². The summed E-state index contributed by atoms with van der Waals surface area (Å²) in [5.74, 6) is 0. The minimum atomic E-state index is -0.180. The molecule has 0 radical (unpaired) electrons. The van der Waals surface area contributed by atoms with Gasteiger partial charge in [0.05, 0.1) is 5.69 Å². The number of rotatable bonds is 6. The van der Waals surface area contributed by atoms with Crippen molar-refractivity contribution in [2.24, 2.45) is 0 Å². The Morgan fingerprint density at radius 3 is 1.89 bits per heavy atom. The maximum Gasteiger partial charge on any atom is 0.0500 e. The normalized spacial score (nSPS) is 12.8. The Balaban J connectivity index is 0.000000640. The average molecular weight is 543 g/mol. The molecule has 2 atom stereocenters. The van der Waals surface area contributed by atoms with Gasteiger partial charge in [-0.3, -0.25) is 4.98 Å². The van der Waals surface area contributed by atoms with Crippen LogP contribution in [0.15, 0.2) is 103 Å². The van der Waals surface area contributed by atoms with Crippen molar-refractivity contribution < 1.29 is 17.1 Å². The molecule has 1 aromatic heterocycles. The second-order valence-corrected chi connectivity index (χ2v) is 15.9. The van der Waals surface area contributed by atoms with Crippen LogP contribution in [-0.2, 0) is 23.2 Å². The van der Waals surface area contributed by atoms with Crippen molar-refractivity contribution in [3.8, 4) is 0 Å². The molecule has 0 aliphatic carbocycles. The van der Waals surface area contributed by atoms with Crippen molar-refractivity contribution in [3.05, 3.63) is 120 Å². The molecule has 0 aliphatic heterocycles. The van der Waals surface area contributed by atoms with Crippen LogP contribution in [0.2, 0.25) is 0 Å². The van der Waals surface area contributed by atoms with Crippen LogP contribution < -0.4 is 5.30 Å². The van der Waals surface area contributed by atoms with Gasteiger partial charge in [0.2, 0.25) is 0 Å². The van der Waals surface area contributed by atoms with Gasteiger partial charge in [-0.1, -0.05) is 92.7 Å². The first-order valence-electron chi connectivity index (χ1n) is 12.1. The topological polar surface area (TPSA) is 12.9 Å². The number of aromatic nitrogens is 1. The molecule has 4 rings (SSSR count). The number of benzene rings is 1. The molecular formula is C31H39FeNP2-6. The zero-order valence-electron chi connectivity index (χ0n) is 21.8. The van der Waals surface area contributed by atoms with Gasteiger partial charge in [0.25, 0.3) is 0 Å². The molecule has 0 bridgehead atoms. The van der Waals surface area contributed by atoms with E-state index in [0.29, 0.717) is 24.6 Å². The smallest absolute Gasteiger partial charge is 0.0500 e. The van der Waals surface area contributed by atoms with E-state index in [0.717, 1.165) is 0 Å². The Morgan fingerprint density at radius 2 is 1.37 bits per heavy atom. The first-order valence-corrected chi connectivity index (χ1v) is 14.7. The van der Waals surface area contributed by atoms with Gasteiger partial charge in [-0.15, -0.1) is 13.5 Å². The monoisotopic (exact) mass is 543 g/mol. The van der Waals surface area contributed by atoms with Crippen molar-refractivity contribution in [2.75, 3.05) is 0 Å². The number of pyridine rings is 1. The number of hydrogen-bond acceptors (Lipinski definition) is 1. The molecule has 0 saturated carbocycles. The molecule has 1 nitrogen and oxygen atoms in total. The predicted molar refractivity (Wildman–Crippen MR) is 155 cm³/mol. The van der Waals surface area contributed by atoms with Gasteiger partial charge < -0.3 is 30.3 Å². The first kappa shape index (κ1) is 29.7. The van der Waals surface area contributed by atoms with Crippen molar-refractivity contribution in [3.63, 3.8) is 0 Å². The molecule has 4 heteroatoms. The third-order valence-corrected chi connectivity index (χ3v) is 11.3. The second-order valence-electron chi connectivity index (χ2n) is 10.6. The first-order chi connectivity index (χ1) is 16.2. The molecule has 4 aromatic rings. The Morgan fingerprint density at radius 1 is 0.800 bits per heavy atom. The minimum absolute atomic E-state index is 0. The summed E-state index contributed by atoms with van der Waals surface area (Å²) in [6, 6.07) is 34.1. The van der Waals surface area contributed by atoms with Crippen molar-refractivity contribution in [1.29, 1.82) is 0 Å². The van der Waals surface area contributed by atoms with Gasteiger partial charge >= 0.3 is 0 Å². The fourth-order valence-corrected chi connectivity index (χ4v) is 9.49. The van der Waals surface area contributed by atoms with E-state index >= 15 is 0 Å². The Labute approximate surface area is 226 Å². The summed E-state index contributed by atoms with van der Waals surface area (Å²) in [4.78, 5) is 4.76. The van der Waals surface area contributed by atoms with Crippen LogP contribution in [0, 0.1) is 0 Å². The van der Waals surface area contributed by atoms with Crippen LogP contribution in [-0.4, -0.2) is 15.3 Å². The second kappa shape index (κ2) is 13.7. The summed E-state index contributed by atoms with van der Waals surface area (Å²) < 4.78 is 0.